The van der Waals surface area contributed by atoms with Crippen LogP contribution in [0.15, 0.2) is 77.7 Å². The number of rotatable bonds is 2. The molecule has 0 spiro atoms. The number of thioether (sulfide) groups is 1. The fraction of sp³-hybridized carbons (Fsp3) is 0.0476. The van der Waals surface area contributed by atoms with E-state index in [1.54, 1.807) is 23.9 Å². The van der Waals surface area contributed by atoms with Crippen molar-refractivity contribution in [2.75, 3.05) is 5.32 Å². The van der Waals surface area contributed by atoms with Crippen LogP contribution in [0.1, 0.15) is 16.4 Å². The maximum Gasteiger partial charge on any atom is 0.124 e. The summed E-state index contributed by atoms with van der Waals surface area (Å²) in [4.78, 5) is 0.843. The van der Waals surface area contributed by atoms with E-state index in [1.165, 1.54) is 6.07 Å². The molecule has 0 fully saturated rings. The summed E-state index contributed by atoms with van der Waals surface area (Å²) in [5, 5.41) is 4.75. The van der Waals surface area contributed by atoms with Crippen LogP contribution in [0.3, 0.4) is 0 Å². The lowest BCUT2D eigenvalue weighted by molar-refractivity contribution is 0.624. The zero-order valence-corrected chi connectivity index (χ0v) is 15.9. The Hall–Kier alpha value is -1.94. The van der Waals surface area contributed by atoms with Gasteiger partial charge in [-0.1, -0.05) is 53.5 Å². The van der Waals surface area contributed by atoms with Gasteiger partial charge in [-0.25, -0.2) is 4.39 Å². The predicted octanol–water partition coefficient (Wildman–Crippen LogP) is 7.43. The lowest BCUT2D eigenvalue weighted by Crippen LogP contribution is -1.99. The Morgan fingerprint density at radius 1 is 0.923 bits per heavy atom. The number of fused-ring (bicyclic) bond motifs is 1. The van der Waals surface area contributed by atoms with Crippen LogP contribution in [0.2, 0.25) is 10.0 Å². The van der Waals surface area contributed by atoms with E-state index in [1.807, 2.05) is 48.5 Å². The molecular weight excluding hydrogens is 388 g/mol. The van der Waals surface area contributed by atoms with Crippen molar-refractivity contribution < 1.29 is 4.39 Å². The van der Waals surface area contributed by atoms with E-state index < -0.39 is 0 Å². The van der Waals surface area contributed by atoms with Gasteiger partial charge in [0.1, 0.15) is 5.82 Å². The first-order valence-corrected chi connectivity index (χ1v) is 9.69. The van der Waals surface area contributed by atoms with Crippen LogP contribution >= 0.6 is 35.0 Å². The summed E-state index contributed by atoms with van der Waals surface area (Å²) in [6.45, 7) is 0. The molecule has 1 unspecified atom stereocenters. The highest BCUT2D eigenvalue weighted by Gasteiger charge is 2.21. The van der Waals surface area contributed by atoms with E-state index in [-0.39, 0.29) is 11.1 Å². The predicted molar refractivity (Wildman–Crippen MR) is 110 cm³/mol. The molecule has 1 aliphatic rings. The van der Waals surface area contributed by atoms with Crippen LogP contribution in [0.5, 0.6) is 0 Å². The van der Waals surface area contributed by atoms with Gasteiger partial charge in [-0.3, -0.25) is 0 Å². The number of hydrogen-bond donors (Lipinski definition) is 1. The fourth-order valence-corrected chi connectivity index (χ4v) is 4.54. The zero-order chi connectivity index (χ0) is 18.1. The second kappa shape index (κ2) is 7.36. The van der Waals surface area contributed by atoms with Gasteiger partial charge < -0.3 is 5.32 Å². The second-order valence-electron chi connectivity index (χ2n) is 5.91. The van der Waals surface area contributed by atoms with E-state index in [0.29, 0.717) is 10.0 Å². The van der Waals surface area contributed by atoms with Crippen molar-refractivity contribution in [3.63, 3.8) is 0 Å². The quantitative estimate of drug-likeness (QED) is 0.478. The Morgan fingerprint density at radius 3 is 2.46 bits per heavy atom. The Bertz CT molecular complexity index is 986. The van der Waals surface area contributed by atoms with Gasteiger partial charge in [-0.2, -0.15) is 0 Å². The number of anilines is 1. The average molecular weight is 402 g/mol. The van der Waals surface area contributed by atoms with Gasteiger partial charge >= 0.3 is 0 Å². The lowest BCUT2D eigenvalue weighted by atomic mass is 10.1. The van der Waals surface area contributed by atoms with E-state index in [4.69, 9.17) is 23.2 Å². The van der Waals surface area contributed by atoms with Crippen molar-refractivity contribution in [3.05, 3.63) is 99.8 Å². The molecule has 5 heteroatoms. The van der Waals surface area contributed by atoms with Crippen LogP contribution < -0.4 is 5.32 Å². The molecule has 0 saturated heterocycles. The van der Waals surface area contributed by atoms with Crippen LogP contribution in [-0.4, -0.2) is 0 Å². The van der Waals surface area contributed by atoms with Gasteiger partial charge in [0.15, 0.2) is 0 Å². The topological polar surface area (TPSA) is 12.0 Å². The highest BCUT2D eigenvalue weighted by Crippen LogP contribution is 2.46. The summed E-state index contributed by atoms with van der Waals surface area (Å²) in [6.07, 6.45) is 2.12. The van der Waals surface area contributed by atoms with Gasteiger partial charge in [-0.15, -0.1) is 11.8 Å². The highest BCUT2D eigenvalue weighted by molar-refractivity contribution is 7.99. The lowest BCUT2D eigenvalue weighted by Gasteiger charge is -2.14. The zero-order valence-electron chi connectivity index (χ0n) is 13.5. The smallest absolute Gasteiger partial charge is 0.124 e. The summed E-state index contributed by atoms with van der Waals surface area (Å²) in [7, 11) is 0. The summed E-state index contributed by atoms with van der Waals surface area (Å²) in [6, 6.07) is 20.1. The van der Waals surface area contributed by atoms with Crippen molar-refractivity contribution in [2.24, 2.45) is 0 Å². The molecule has 0 bridgehead atoms. The Labute approximate surface area is 165 Å². The first kappa shape index (κ1) is 17.5. The Balaban J connectivity index is 1.84. The van der Waals surface area contributed by atoms with E-state index in [9.17, 15) is 4.39 Å². The van der Waals surface area contributed by atoms with Crippen molar-refractivity contribution in [1.29, 1.82) is 0 Å². The minimum absolute atomic E-state index is 0.0510. The maximum absolute atomic E-state index is 13.8. The highest BCUT2D eigenvalue weighted by atomic mass is 35.5. The molecule has 3 aromatic rings. The minimum Gasteiger partial charge on any atom is -0.354 e. The number of halogens is 3. The third-order valence-corrected chi connectivity index (χ3v) is 5.98. The van der Waals surface area contributed by atoms with Crippen molar-refractivity contribution in [1.82, 2.24) is 0 Å². The van der Waals surface area contributed by atoms with E-state index in [2.05, 4.69) is 11.4 Å². The molecular formula is C21H14Cl2FNS. The van der Waals surface area contributed by atoms with Gasteiger partial charge in [-0.05, 0) is 53.6 Å². The Kier molecular flexibility index (Phi) is 4.94. The van der Waals surface area contributed by atoms with Gasteiger partial charge in [0, 0.05) is 20.6 Å². The van der Waals surface area contributed by atoms with Gasteiger partial charge in [0.05, 0.1) is 10.9 Å². The van der Waals surface area contributed by atoms with Gasteiger partial charge in [0.25, 0.3) is 0 Å². The van der Waals surface area contributed by atoms with E-state index in [0.717, 1.165) is 27.4 Å². The Morgan fingerprint density at radius 2 is 1.69 bits per heavy atom. The van der Waals surface area contributed by atoms with Crippen LogP contribution in [-0.2, 0) is 0 Å². The average Bonchev–Trinajstić information content (AvgIpc) is 2.82. The molecule has 0 saturated carbocycles. The molecule has 1 heterocycles. The maximum atomic E-state index is 13.8. The molecule has 1 atom stereocenters. The van der Waals surface area contributed by atoms with Crippen LogP contribution in [0.4, 0.5) is 10.1 Å². The molecule has 1 aliphatic heterocycles. The van der Waals surface area contributed by atoms with Crippen molar-refractivity contribution in [2.45, 2.75) is 10.1 Å². The molecule has 26 heavy (non-hydrogen) atoms. The third kappa shape index (κ3) is 3.61. The standard InChI is InChI=1S/C21H14Cl2FNS/c22-14-7-5-13(6-8-14)19-12-20(16-3-1-2-4-17(16)23)26-21-11-15(24)9-10-18(21)25-19/h1-12,20,25H. The van der Waals surface area contributed by atoms with E-state index >= 15 is 0 Å². The molecule has 3 aromatic carbocycles. The first-order chi connectivity index (χ1) is 12.6. The largest absolute Gasteiger partial charge is 0.354 e. The molecule has 0 amide bonds. The van der Waals surface area contributed by atoms with Crippen molar-refractivity contribution in [3.8, 4) is 0 Å². The summed E-state index contributed by atoms with van der Waals surface area (Å²) >= 11 is 14.0. The van der Waals surface area contributed by atoms with Crippen LogP contribution in [0, 0.1) is 5.82 Å². The molecule has 130 valence electrons. The summed E-state index contributed by atoms with van der Waals surface area (Å²) < 4.78 is 13.8. The molecule has 0 aliphatic carbocycles. The summed E-state index contributed by atoms with van der Waals surface area (Å²) in [5.74, 6) is -0.258. The monoisotopic (exact) mass is 401 g/mol. The fourth-order valence-electron chi connectivity index (χ4n) is 2.86. The summed E-state index contributed by atoms with van der Waals surface area (Å²) in [5.41, 5.74) is 3.80. The second-order valence-corrected chi connectivity index (χ2v) is 7.94. The SMILES string of the molecule is Fc1ccc2c(c1)SC(c1ccccc1Cl)C=C(c1ccc(Cl)cc1)N2. The molecule has 1 N–H and O–H groups in total. The normalized spacial score (nSPS) is 16.3. The number of hydrogen-bond acceptors (Lipinski definition) is 2. The van der Waals surface area contributed by atoms with Crippen molar-refractivity contribution >= 4 is 46.3 Å². The molecule has 1 nitrogen and oxygen atoms in total. The molecule has 0 aromatic heterocycles. The number of nitrogens with one attached hydrogen (secondary N) is 1. The van der Waals surface area contributed by atoms with Gasteiger partial charge in [0.2, 0.25) is 0 Å². The first-order valence-electron chi connectivity index (χ1n) is 8.05. The third-order valence-electron chi connectivity index (χ3n) is 4.15. The molecule has 4 rings (SSSR count). The minimum atomic E-state index is -0.258. The number of benzene rings is 3. The molecule has 0 radical (unpaired) electrons. The van der Waals surface area contributed by atoms with Crippen LogP contribution in [0.25, 0.3) is 5.70 Å².